The molecule has 2 fully saturated rings. The molecule has 2 rings (SSSR count). The molecule has 0 amide bonds. The van der Waals surface area contributed by atoms with Crippen LogP contribution in [0.1, 0.15) is 25.7 Å². The SMILES string of the molecule is O=P(O)(O)C=CC12CCCC1C2. The molecular weight excluding hydrogens is 175 g/mol. The molecule has 0 heterocycles. The van der Waals surface area contributed by atoms with E-state index in [1.54, 1.807) is 6.08 Å². The number of allylic oxidation sites excluding steroid dienone is 1. The van der Waals surface area contributed by atoms with E-state index in [1.165, 1.54) is 12.8 Å². The van der Waals surface area contributed by atoms with Gasteiger partial charge in [0, 0.05) is 5.82 Å². The molecule has 0 aromatic heterocycles. The van der Waals surface area contributed by atoms with Crippen molar-refractivity contribution in [3.8, 4) is 0 Å². The first-order valence-corrected chi connectivity index (χ1v) is 5.96. The van der Waals surface area contributed by atoms with Gasteiger partial charge in [0.1, 0.15) is 0 Å². The summed E-state index contributed by atoms with van der Waals surface area (Å²) in [6, 6.07) is 0. The smallest absolute Gasteiger partial charge is 0.321 e. The Morgan fingerprint density at radius 2 is 2.25 bits per heavy atom. The van der Waals surface area contributed by atoms with Crippen molar-refractivity contribution in [2.45, 2.75) is 25.7 Å². The highest BCUT2D eigenvalue weighted by Gasteiger charge is 2.54. The highest BCUT2D eigenvalue weighted by molar-refractivity contribution is 7.55. The molecule has 2 N–H and O–H groups in total. The first-order chi connectivity index (χ1) is 5.52. The Hall–Kier alpha value is -0.110. The first kappa shape index (κ1) is 8.49. The minimum Gasteiger partial charge on any atom is -0.321 e. The molecule has 2 saturated carbocycles. The van der Waals surface area contributed by atoms with Crippen molar-refractivity contribution in [3.63, 3.8) is 0 Å². The Bertz CT molecular complexity index is 267. The van der Waals surface area contributed by atoms with Gasteiger partial charge in [-0.25, -0.2) is 0 Å². The summed E-state index contributed by atoms with van der Waals surface area (Å²) in [4.78, 5) is 17.3. The molecule has 12 heavy (non-hydrogen) atoms. The number of rotatable bonds is 2. The fourth-order valence-corrected chi connectivity index (χ4v) is 2.80. The third-order valence-electron chi connectivity index (χ3n) is 3.07. The molecule has 3 nitrogen and oxygen atoms in total. The molecule has 4 heteroatoms. The van der Waals surface area contributed by atoms with Crippen LogP contribution in [0.5, 0.6) is 0 Å². The lowest BCUT2D eigenvalue weighted by Crippen LogP contribution is -1.91. The third kappa shape index (κ3) is 1.49. The van der Waals surface area contributed by atoms with Crippen molar-refractivity contribution in [1.82, 2.24) is 0 Å². The summed E-state index contributed by atoms with van der Waals surface area (Å²) >= 11 is 0. The maximum atomic E-state index is 10.6. The van der Waals surface area contributed by atoms with Gasteiger partial charge in [0.2, 0.25) is 0 Å². The van der Waals surface area contributed by atoms with Crippen molar-refractivity contribution in [2.75, 3.05) is 0 Å². The topological polar surface area (TPSA) is 57.5 Å². The fourth-order valence-electron chi connectivity index (χ4n) is 2.31. The van der Waals surface area contributed by atoms with Crippen molar-refractivity contribution in [3.05, 3.63) is 11.9 Å². The van der Waals surface area contributed by atoms with E-state index < -0.39 is 7.60 Å². The predicted molar refractivity (Wildman–Crippen MR) is 45.6 cm³/mol. The first-order valence-electron chi connectivity index (χ1n) is 4.28. The van der Waals surface area contributed by atoms with Crippen molar-refractivity contribution in [2.24, 2.45) is 11.3 Å². The van der Waals surface area contributed by atoms with Gasteiger partial charge in [0.15, 0.2) is 0 Å². The predicted octanol–water partition coefficient (Wildman–Crippen LogP) is 1.87. The molecule has 0 radical (unpaired) electrons. The molecular formula is C8H13O3P. The van der Waals surface area contributed by atoms with Gasteiger partial charge in [0.05, 0.1) is 0 Å². The van der Waals surface area contributed by atoms with Gasteiger partial charge >= 0.3 is 7.60 Å². The lowest BCUT2D eigenvalue weighted by Gasteiger charge is -2.03. The van der Waals surface area contributed by atoms with E-state index in [4.69, 9.17) is 9.79 Å². The summed E-state index contributed by atoms with van der Waals surface area (Å²) in [7, 11) is -3.91. The summed E-state index contributed by atoms with van der Waals surface area (Å²) in [5.41, 5.74) is 0.196. The zero-order valence-electron chi connectivity index (χ0n) is 6.81. The van der Waals surface area contributed by atoms with E-state index in [0.717, 1.165) is 24.6 Å². The van der Waals surface area contributed by atoms with Gasteiger partial charge in [-0.15, -0.1) is 0 Å². The van der Waals surface area contributed by atoms with Crippen LogP contribution in [0.25, 0.3) is 0 Å². The molecule has 0 aromatic rings. The van der Waals surface area contributed by atoms with Crippen molar-refractivity contribution >= 4 is 7.60 Å². The minimum atomic E-state index is -3.91. The zero-order chi connectivity index (χ0) is 8.82. The Kier molecular flexibility index (Phi) is 1.73. The second kappa shape index (κ2) is 2.44. The van der Waals surface area contributed by atoms with Crippen LogP contribution in [0.4, 0.5) is 0 Å². The normalized spacial score (nSPS) is 40.3. The second-order valence-corrected chi connectivity index (χ2v) is 5.41. The minimum absolute atomic E-state index is 0.196. The van der Waals surface area contributed by atoms with Crippen LogP contribution in [0, 0.1) is 11.3 Å². The van der Waals surface area contributed by atoms with Crippen molar-refractivity contribution < 1.29 is 14.4 Å². The van der Waals surface area contributed by atoms with Crippen LogP contribution in [-0.2, 0) is 4.57 Å². The summed E-state index contributed by atoms with van der Waals surface area (Å²) < 4.78 is 10.6. The van der Waals surface area contributed by atoms with Gasteiger partial charge in [0.25, 0.3) is 0 Å². The zero-order valence-corrected chi connectivity index (χ0v) is 7.70. The van der Waals surface area contributed by atoms with Crippen LogP contribution in [0.2, 0.25) is 0 Å². The highest BCUT2D eigenvalue weighted by atomic mass is 31.2. The number of hydrogen-bond acceptors (Lipinski definition) is 1. The maximum absolute atomic E-state index is 10.6. The average molecular weight is 188 g/mol. The quantitative estimate of drug-likeness (QED) is 0.650. The summed E-state index contributed by atoms with van der Waals surface area (Å²) in [5.74, 6) is 1.80. The summed E-state index contributed by atoms with van der Waals surface area (Å²) in [6.45, 7) is 0. The third-order valence-corrected chi connectivity index (χ3v) is 3.61. The molecule has 68 valence electrons. The van der Waals surface area contributed by atoms with E-state index >= 15 is 0 Å². The Labute approximate surface area is 71.6 Å². The number of hydrogen-bond donors (Lipinski definition) is 2. The Morgan fingerprint density at radius 1 is 1.50 bits per heavy atom. The molecule has 0 bridgehead atoms. The van der Waals surface area contributed by atoms with Crippen LogP contribution < -0.4 is 0 Å². The summed E-state index contributed by atoms with van der Waals surface area (Å²) in [6.07, 6.45) is 6.48. The molecule has 2 aliphatic carbocycles. The standard InChI is InChI=1S/C8H13O3P/c9-12(10,11)5-4-8-3-1-2-7(8)6-8/h4-5,7H,1-3,6H2,(H2,9,10,11). The molecule has 0 aromatic carbocycles. The largest absolute Gasteiger partial charge is 0.348 e. The average Bonchev–Trinajstić information content (AvgIpc) is 2.51. The van der Waals surface area contributed by atoms with E-state index in [1.807, 2.05) is 0 Å². The monoisotopic (exact) mass is 188 g/mol. The second-order valence-electron chi connectivity index (χ2n) is 3.93. The van der Waals surface area contributed by atoms with Gasteiger partial charge in [-0.3, -0.25) is 4.57 Å². The molecule has 2 unspecified atom stereocenters. The van der Waals surface area contributed by atoms with Crippen LogP contribution in [0.15, 0.2) is 11.9 Å². The lowest BCUT2D eigenvalue weighted by atomic mass is 10.1. The van der Waals surface area contributed by atoms with Gasteiger partial charge in [-0.2, -0.15) is 0 Å². The molecule has 0 aliphatic heterocycles. The van der Waals surface area contributed by atoms with E-state index in [-0.39, 0.29) is 5.41 Å². The van der Waals surface area contributed by atoms with Crippen molar-refractivity contribution in [1.29, 1.82) is 0 Å². The molecule has 0 spiro atoms. The maximum Gasteiger partial charge on any atom is 0.348 e. The van der Waals surface area contributed by atoms with Gasteiger partial charge in [-0.1, -0.05) is 12.5 Å². The van der Waals surface area contributed by atoms with E-state index in [9.17, 15) is 4.57 Å². The highest BCUT2D eigenvalue weighted by Crippen LogP contribution is 2.65. The Morgan fingerprint density at radius 3 is 2.67 bits per heavy atom. The number of fused-ring (bicyclic) bond motifs is 1. The fraction of sp³-hybridized carbons (Fsp3) is 0.750. The van der Waals surface area contributed by atoms with Gasteiger partial charge in [-0.05, 0) is 30.6 Å². The molecule has 2 aliphatic rings. The van der Waals surface area contributed by atoms with Gasteiger partial charge < -0.3 is 9.79 Å². The molecule has 0 saturated heterocycles. The lowest BCUT2D eigenvalue weighted by molar-refractivity contribution is 0.385. The molecule has 2 atom stereocenters. The van der Waals surface area contributed by atoms with E-state index in [2.05, 4.69) is 0 Å². The van der Waals surface area contributed by atoms with Crippen LogP contribution in [-0.4, -0.2) is 9.79 Å². The summed E-state index contributed by atoms with van der Waals surface area (Å²) in [5, 5.41) is 0. The van der Waals surface area contributed by atoms with Crippen LogP contribution in [0.3, 0.4) is 0 Å². The Balaban J connectivity index is 2.04. The van der Waals surface area contributed by atoms with Crippen LogP contribution >= 0.6 is 7.60 Å². The van der Waals surface area contributed by atoms with E-state index in [0.29, 0.717) is 0 Å².